The van der Waals surface area contributed by atoms with Crippen LogP contribution in [0.1, 0.15) is 33.2 Å². The fraction of sp³-hybridized carbons (Fsp3) is 0.136. The number of anilines is 1. The lowest BCUT2D eigenvalue weighted by atomic mass is 10.1. The molecule has 0 radical (unpaired) electrons. The number of hydrogen-bond acceptors (Lipinski definition) is 7. The summed E-state index contributed by atoms with van der Waals surface area (Å²) in [5, 5.41) is 29.4. The van der Waals surface area contributed by atoms with E-state index < -0.39 is 12.1 Å². The van der Waals surface area contributed by atoms with Gasteiger partial charge < -0.3 is 10.1 Å². The van der Waals surface area contributed by atoms with Crippen LogP contribution in [0.15, 0.2) is 59.8 Å². The number of nitrogens with one attached hydrogen (secondary N) is 1. The Kier molecular flexibility index (Phi) is 6.85. The zero-order valence-corrected chi connectivity index (χ0v) is 15.8. The maximum Gasteiger partial charge on any atom is 0.338 e. The molecule has 1 atom stereocenters. The Morgan fingerprint density at radius 3 is 1.97 bits per heavy atom. The van der Waals surface area contributed by atoms with Gasteiger partial charge in [-0.2, -0.15) is 15.8 Å². The number of hydrogen-bond donors (Lipinski definition) is 1. The first-order chi connectivity index (χ1) is 13.9. The molecule has 0 amide bonds. The van der Waals surface area contributed by atoms with Crippen LogP contribution in [0.25, 0.3) is 0 Å². The van der Waals surface area contributed by atoms with Gasteiger partial charge in [-0.1, -0.05) is 29.8 Å². The molecule has 0 bridgehead atoms. The smallest absolute Gasteiger partial charge is 0.338 e. The van der Waals surface area contributed by atoms with Crippen LogP contribution in [-0.2, 0) is 4.74 Å². The molecule has 29 heavy (non-hydrogen) atoms. The number of aryl methyl sites for hydroxylation is 1. The third kappa shape index (κ3) is 5.29. The molecule has 0 aliphatic carbocycles. The van der Waals surface area contributed by atoms with Gasteiger partial charge >= 0.3 is 5.97 Å². The molecule has 2 aromatic carbocycles. The van der Waals surface area contributed by atoms with Crippen LogP contribution in [0.3, 0.4) is 0 Å². The van der Waals surface area contributed by atoms with E-state index >= 15 is 0 Å². The van der Waals surface area contributed by atoms with E-state index in [4.69, 9.17) is 20.5 Å². The largest absolute Gasteiger partial charge is 0.451 e. The third-order valence-electron chi connectivity index (χ3n) is 3.96. The fourth-order valence-electron chi connectivity index (χ4n) is 2.35. The lowest BCUT2D eigenvalue weighted by Gasteiger charge is -2.13. The number of ether oxygens (including phenoxy) is 1. The highest BCUT2D eigenvalue weighted by Crippen LogP contribution is 2.16. The molecule has 0 saturated carbocycles. The molecule has 0 aromatic heterocycles. The second kappa shape index (κ2) is 9.50. The van der Waals surface area contributed by atoms with Crippen LogP contribution in [0.4, 0.5) is 5.69 Å². The Bertz CT molecular complexity index is 1060. The van der Waals surface area contributed by atoms with Gasteiger partial charge in [0.05, 0.1) is 5.56 Å². The zero-order valence-electron chi connectivity index (χ0n) is 15.8. The van der Waals surface area contributed by atoms with E-state index in [-0.39, 0.29) is 22.6 Å². The summed E-state index contributed by atoms with van der Waals surface area (Å²) < 4.78 is 5.24. The van der Waals surface area contributed by atoms with Crippen molar-refractivity contribution < 1.29 is 14.3 Å². The van der Waals surface area contributed by atoms with Crippen molar-refractivity contribution in [3.05, 3.63) is 76.5 Å². The highest BCUT2D eigenvalue weighted by atomic mass is 16.5. The summed E-state index contributed by atoms with van der Waals surface area (Å²) in [4.78, 5) is 24.7. The van der Waals surface area contributed by atoms with Crippen molar-refractivity contribution in [2.45, 2.75) is 20.0 Å². The zero-order chi connectivity index (χ0) is 21.4. The van der Waals surface area contributed by atoms with Crippen molar-refractivity contribution in [3.8, 4) is 18.2 Å². The van der Waals surface area contributed by atoms with Crippen molar-refractivity contribution in [3.63, 3.8) is 0 Å². The molecule has 142 valence electrons. The summed E-state index contributed by atoms with van der Waals surface area (Å²) in [6.45, 7) is 3.42. The molecule has 0 aliphatic heterocycles. The standard InChI is InChI=1S/C22H16N4O3/c1-14-3-5-16(6-4-14)21(27)15(2)29-22(28)17-7-9-19(10-8-17)26-20(13-25)18(11-23)12-24/h3-10,15,26H,1-2H3. The summed E-state index contributed by atoms with van der Waals surface area (Å²) in [7, 11) is 0. The summed E-state index contributed by atoms with van der Waals surface area (Å²) in [6.07, 6.45) is -0.954. The Balaban J connectivity index is 2.07. The van der Waals surface area contributed by atoms with E-state index in [0.29, 0.717) is 11.3 Å². The van der Waals surface area contributed by atoms with Crippen LogP contribution >= 0.6 is 0 Å². The Morgan fingerprint density at radius 1 is 0.897 bits per heavy atom. The Labute approximate surface area is 168 Å². The average molecular weight is 384 g/mol. The molecule has 0 aliphatic rings. The van der Waals surface area contributed by atoms with Crippen LogP contribution < -0.4 is 5.32 Å². The van der Waals surface area contributed by atoms with E-state index in [1.807, 2.05) is 19.1 Å². The number of rotatable bonds is 6. The van der Waals surface area contributed by atoms with Crippen molar-refractivity contribution in [2.75, 3.05) is 5.32 Å². The van der Waals surface area contributed by atoms with Gasteiger partial charge in [-0.15, -0.1) is 0 Å². The molecule has 2 aromatic rings. The molecule has 0 spiro atoms. The molecular weight excluding hydrogens is 368 g/mol. The number of esters is 1. The normalized spacial score (nSPS) is 10.4. The molecular formula is C22H16N4O3. The second-order valence-corrected chi connectivity index (χ2v) is 6.07. The number of carbonyl (C=O) groups excluding carboxylic acids is 2. The summed E-state index contributed by atoms with van der Waals surface area (Å²) in [6, 6.07) is 17.9. The Hall–Kier alpha value is -4.41. The fourth-order valence-corrected chi connectivity index (χ4v) is 2.35. The van der Waals surface area contributed by atoms with Crippen LogP contribution in [0, 0.1) is 40.9 Å². The molecule has 7 heteroatoms. The van der Waals surface area contributed by atoms with Crippen LogP contribution in [0.5, 0.6) is 0 Å². The van der Waals surface area contributed by atoms with Crippen molar-refractivity contribution in [1.82, 2.24) is 0 Å². The monoisotopic (exact) mass is 384 g/mol. The predicted octanol–water partition coefficient (Wildman–Crippen LogP) is 3.66. The van der Waals surface area contributed by atoms with E-state index in [1.165, 1.54) is 31.2 Å². The molecule has 1 N–H and O–H groups in total. The molecule has 1 unspecified atom stereocenters. The van der Waals surface area contributed by atoms with Crippen molar-refractivity contribution in [2.24, 2.45) is 0 Å². The highest BCUT2D eigenvalue weighted by Gasteiger charge is 2.20. The maximum absolute atomic E-state index is 12.4. The predicted molar refractivity (Wildman–Crippen MR) is 104 cm³/mol. The van der Waals surface area contributed by atoms with Gasteiger partial charge in [-0.25, -0.2) is 4.79 Å². The van der Waals surface area contributed by atoms with Crippen molar-refractivity contribution >= 4 is 17.4 Å². The van der Waals surface area contributed by atoms with E-state index in [2.05, 4.69) is 5.32 Å². The first-order valence-corrected chi connectivity index (χ1v) is 8.53. The maximum atomic E-state index is 12.4. The first kappa shape index (κ1) is 20.9. The minimum Gasteiger partial charge on any atom is -0.451 e. The minimum atomic E-state index is -0.954. The number of carbonyl (C=O) groups is 2. The van der Waals surface area contributed by atoms with Gasteiger partial charge in [-0.05, 0) is 38.1 Å². The summed E-state index contributed by atoms with van der Waals surface area (Å²) >= 11 is 0. The van der Waals surface area contributed by atoms with E-state index in [0.717, 1.165) is 5.56 Å². The quantitative estimate of drug-likeness (QED) is 0.457. The average Bonchev–Trinajstić information content (AvgIpc) is 2.74. The summed E-state index contributed by atoms with van der Waals surface area (Å²) in [5.74, 6) is -0.976. The van der Waals surface area contributed by atoms with Gasteiger partial charge in [-0.3, -0.25) is 4.79 Å². The number of nitrogens with zero attached hydrogens (tertiary/aromatic N) is 3. The molecule has 7 nitrogen and oxygen atoms in total. The van der Waals surface area contributed by atoms with E-state index in [1.54, 1.807) is 30.3 Å². The van der Waals surface area contributed by atoms with Gasteiger partial charge in [0.25, 0.3) is 0 Å². The lowest BCUT2D eigenvalue weighted by molar-refractivity contribution is 0.0319. The van der Waals surface area contributed by atoms with Gasteiger partial charge in [0.1, 0.15) is 23.9 Å². The summed E-state index contributed by atoms with van der Waals surface area (Å²) in [5.41, 5.74) is 1.55. The minimum absolute atomic E-state index is 0.192. The number of nitriles is 3. The van der Waals surface area contributed by atoms with Crippen LogP contribution in [-0.4, -0.2) is 17.9 Å². The van der Waals surface area contributed by atoms with Gasteiger partial charge in [0.2, 0.25) is 5.78 Å². The highest BCUT2D eigenvalue weighted by molar-refractivity contribution is 6.01. The van der Waals surface area contributed by atoms with Gasteiger partial charge in [0.15, 0.2) is 11.7 Å². The number of benzene rings is 2. The third-order valence-corrected chi connectivity index (χ3v) is 3.96. The second-order valence-electron chi connectivity index (χ2n) is 6.07. The molecule has 0 fully saturated rings. The Morgan fingerprint density at radius 2 is 1.45 bits per heavy atom. The van der Waals surface area contributed by atoms with E-state index in [9.17, 15) is 9.59 Å². The number of allylic oxidation sites excluding steroid dienone is 2. The topological polar surface area (TPSA) is 127 Å². The molecule has 2 rings (SSSR count). The van der Waals surface area contributed by atoms with Gasteiger partial charge in [0, 0.05) is 11.3 Å². The first-order valence-electron chi connectivity index (χ1n) is 8.53. The van der Waals surface area contributed by atoms with Crippen molar-refractivity contribution in [1.29, 1.82) is 15.8 Å². The lowest BCUT2D eigenvalue weighted by Crippen LogP contribution is -2.24. The molecule has 0 saturated heterocycles. The number of Topliss-reactive ketones (excluding diaryl/α,β-unsaturated/α-hetero) is 1. The molecule has 0 heterocycles. The SMILES string of the molecule is Cc1ccc(C(=O)C(C)OC(=O)c2ccc(NC(C#N)=C(C#N)C#N)cc2)cc1. The van der Waals surface area contributed by atoms with Crippen LogP contribution in [0.2, 0.25) is 0 Å². The number of ketones is 1.